The van der Waals surface area contributed by atoms with Crippen molar-refractivity contribution in [2.45, 2.75) is 18.6 Å². The van der Waals surface area contributed by atoms with Crippen LogP contribution >= 0.6 is 0 Å². The molecule has 2 fully saturated rings. The number of nitrogens with one attached hydrogen (secondary N) is 1. The summed E-state index contributed by atoms with van der Waals surface area (Å²) in [5.41, 5.74) is 0. The van der Waals surface area contributed by atoms with Crippen LogP contribution in [0.5, 0.6) is 0 Å². The zero-order valence-electron chi connectivity index (χ0n) is 7.20. The van der Waals surface area contributed by atoms with E-state index in [1.54, 1.807) is 0 Å². The average molecular weight is 169 g/mol. The van der Waals surface area contributed by atoms with E-state index in [-0.39, 0.29) is 0 Å². The van der Waals surface area contributed by atoms with Gasteiger partial charge in [-0.05, 0) is 6.42 Å². The predicted molar refractivity (Wildman–Crippen MR) is 47.3 cm³/mol. The molecule has 0 aromatic rings. The highest BCUT2D eigenvalue weighted by Crippen LogP contribution is 2.16. The van der Waals surface area contributed by atoms with E-state index >= 15 is 0 Å². The van der Waals surface area contributed by atoms with Crippen molar-refractivity contribution >= 4 is 6.72 Å². The van der Waals surface area contributed by atoms with Crippen LogP contribution in [-0.4, -0.2) is 50.1 Å². The molecule has 2 rings (SSSR count). The van der Waals surface area contributed by atoms with Gasteiger partial charge in [-0.15, -0.1) is 0 Å². The molecule has 2 heterocycles. The van der Waals surface area contributed by atoms with Crippen LogP contribution in [0, 0.1) is 0 Å². The van der Waals surface area contributed by atoms with Gasteiger partial charge in [-0.1, -0.05) is 0 Å². The van der Waals surface area contributed by atoms with Gasteiger partial charge in [-0.2, -0.15) is 5.10 Å². The molecule has 0 bridgehead atoms. The van der Waals surface area contributed by atoms with E-state index < -0.39 is 0 Å². The van der Waals surface area contributed by atoms with Gasteiger partial charge in [0.25, 0.3) is 0 Å². The molecule has 2 aliphatic heterocycles. The Balaban J connectivity index is 1.93. The Morgan fingerprint density at radius 3 is 3.33 bits per heavy atom. The number of hydrogen-bond donors (Lipinski definition) is 1. The molecular weight excluding hydrogens is 154 g/mol. The van der Waals surface area contributed by atoms with Crippen molar-refractivity contribution in [1.29, 1.82) is 0 Å². The van der Waals surface area contributed by atoms with E-state index in [0.717, 1.165) is 32.7 Å². The van der Waals surface area contributed by atoms with Crippen molar-refractivity contribution in [2.75, 3.05) is 26.2 Å². The summed E-state index contributed by atoms with van der Waals surface area (Å²) >= 11 is 0. The third-order valence-electron chi connectivity index (χ3n) is 2.57. The molecule has 0 aromatic heterocycles. The normalized spacial score (nSPS) is 35.8. The lowest BCUT2D eigenvalue weighted by Gasteiger charge is -2.40. The molecular formula is C8H15N3O. The molecule has 2 atom stereocenters. The van der Waals surface area contributed by atoms with Crippen LogP contribution in [0.3, 0.4) is 0 Å². The van der Waals surface area contributed by atoms with E-state index in [9.17, 15) is 0 Å². The van der Waals surface area contributed by atoms with Gasteiger partial charge in [-0.3, -0.25) is 5.01 Å². The highest BCUT2D eigenvalue weighted by molar-refractivity contribution is 5.22. The Kier molecular flexibility index (Phi) is 2.28. The van der Waals surface area contributed by atoms with Gasteiger partial charge >= 0.3 is 0 Å². The number of nitrogens with zero attached hydrogens (tertiary/aromatic N) is 2. The minimum atomic E-state index is 0.400. The predicted octanol–water partition coefficient (Wildman–Crippen LogP) is -0.335. The molecule has 0 spiro atoms. The van der Waals surface area contributed by atoms with Crippen LogP contribution in [0.25, 0.3) is 0 Å². The van der Waals surface area contributed by atoms with Crippen molar-refractivity contribution in [3.8, 4) is 0 Å². The summed E-state index contributed by atoms with van der Waals surface area (Å²) in [4.78, 5) is 0. The standard InChI is InChI=1S/C8H15N3O/c1-9-11-4-2-8-7(6-11)10-3-5-12-8/h7-8,10H,1-6H2/t7-,8+/m1/s1. The first-order valence-electron chi connectivity index (χ1n) is 4.47. The Morgan fingerprint density at radius 1 is 1.58 bits per heavy atom. The second-order valence-electron chi connectivity index (χ2n) is 3.31. The van der Waals surface area contributed by atoms with E-state index in [0.29, 0.717) is 12.1 Å². The highest BCUT2D eigenvalue weighted by Gasteiger charge is 2.31. The Morgan fingerprint density at radius 2 is 2.50 bits per heavy atom. The van der Waals surface area contributed by atoms with Gasteiger partial charge in [-0.25, -0.2) is 0 Å². The van der Waals surface area contributed by atoms with E-state index in [1.165, 1.54) is 0 Å². The zero-order chi connectivity index (χ0) is 8.39. The Bertz CT molecular complexity index is 174. The maximum atomic E-state index is 5.62. The third kappa shape index (κ3) is 1.44. The molecule has 0 aliphatic carbocycles. The minimum absolute atomic E-state index is 0.400. The quantitative estimate of drug-likeness (QED) is 0.546. The summed E-state index contributed by atoms with van der Waals surface area (Å²) in [6, 6.07) is 0.456. The van der Waals surface area contributed by atoms with Crippen molar-refractivity contribution < 1.29 is 4.74 Å². The van der Waals surface area contributed by atoms with Crippen LogP contribution in [0.4, 0.5) is 0 Å². The maximum absolute atomic E-state index is 5.62. The van der Waals surface area contributed by atoms with Gasteiger partial charge in [0, 0.05) is 19.8 Å². The average Bonchev–Trinajstić information content (AvgIpc) is 2.17. The summed E-state index contributed by atoms with van der Waals surface area (Å²) < 4.78 is 5.62. The topological polar surface area (TPSA) is 36.9 Å². The largest absolute Gasteiger partial charge is 0.375 e. The van der Waals surface area contributed by atoms with Gasteiger partial charge in [0.15, 0.2) is 0 Å². The second-order valence-corrected chi connectivity index (χ2v) is 3.31. The molecule has 68 valence electrons. The smallest absolute Gasteiger partial charge is 0.0764 e. The van der Waals surface area contributed by atoms with E-state index in [2.05, 4.69) is 17.1 Å². The van der Waals surface area contributed by atoms with Crippen LogP contribution < -0.4 is 5.32 Å². The first kappa shape index (κ1) is 8.01. The Labute approximate surface area is 72.6 Å². The fourth-order valence-corrected chi connectivity index (χ4v) is 1.89. The molecule has 1 N–H and O–H groups in total. The molecule has 0 aromatic carbocycles. The zero-order valence-corrected chi connectivity index (χ0v) is 7.20. The van der Waals surface area contributed by atoms with Gasteiger partial charge in [0.05, 0.1) is 25.3 Å². The molecule has 0 saturated carbocycles. The Hall–Kier alpha value is -0.610. The van der Waals surface area contributed by atoms with Gasteiger partial charge < -0.3 is 10.1 Å². The van der Waals surface area contributed by atoms with E-state index in [4.69, 9.17) is 4.74 Å². The first-order chi connectivity index (χ1) is 5.90. The molecule has 0 unspecified atom stereocenters. The van der Waals surface area contributed by atoms with Crippen LogP contribution in [-0.2, 0) is 4.74 Å². The summed E-state index contributed by atoms with van der Waals surface area (Å²) in [5.74, 6) is 0. The third-order valence-corrected chi connectivity index (χ3v) is 2.57. The molecule has 0 amide bonds. The number of piperidine rings is 1. The molecule has 4 heteroatoms. The molecule has 4 nitrogen and oxygen atoms in total. The maximum Gasteiger partial charge on any atom is 0.0764 e. The van der Waals surface area contributed by atoms with Gasteiger partial charge in [0.1, 0.15) is 0 Å². The lowest BCUT2D eigenvalue weighted by atomic mass is 10.0. The lowest BCUT2D eigenvalue weighted by molar-refractivity contribution is -0.0423. The molecule has 2 aliphatic rings. The van der Waals surface area contributed by atoms with Crippen molar-refractivity contribution in [3.63, 3.8) is 0 Å². The van der Waals surface area contributed by atoms with Crippen molar-refractivity contribution in [1.82, 2.24) is 10.3 Å². The number of hydrogen-bond acceptors (Lipinski definition) is 4. The summed E-state index contributed by atoms with van der Waals surface area (Å²) in [7, 11) is 0. The van der Waals surface area contributed by atoms with Crippen LogP contribution in [0.15, 0.2) is 5.10 Å². The number of morpholine rings is 1. The summed E-state index contributed by atoms with van der Waals surface area (Å²) in [6.07, 6.45) is 1.47. The molecule has 2 saturated heterocycles. The number of rotatable bonds is 1. The van der Waals surface area contributed by atoms with Crippen molar-refractivity contribution in [2.24, 2.45) is 5.10 Å². The number of fused-ring (bicyclic) bond motifs is 1. The monoisotopic (exact) mass is 169 g/mol. The van der Waals surface area contributed by atoms with Crippen LogP contribution in [0.1, 0.15) is 6.42 Å². The first-order valence-corrected chi connectivity index (χ1v) is 4.47. The fraction of sp³-hybridized carbons (Fsp3) is 0.875. The fourth-order valence-electron chi connectivity index (χ4n) is 1.89. The summed E-state index contributed by atoms with van der Waals surface area (Å²) in [6.45, 7) is 7.26. The minimum Gasteiger partial charge on any atom is -0.375 e. The highest BCUT2D eigenvalue weighted by atomic mass is 16.5. The summed E-state index contributed by atoms with van der Waals surface area (Å²) in [5, 5.41) is 9.36. The van der Waals surface area contributed by atoms with Gasteiger partial charge in [0.2, 0.25) is 0 Å². The van der Waals surface area contributed by atoms with E-state index in [1.807, 2.05) is 5.01 Å². The molecule has 12 heavy (non-hydrogen) atoms. The molecule has 0 radical (unpaired) electrons. The van der Waals surface area contributed by atoms with Crippen LogP contribution in [0.2, 0.25) is 0 Å². The lowest BCUT2D eigenvalue weighted by Crippen LogP contribution is -2.57. The second kappa shape index (κ2) is 3.41. The van der Waals surface area contributed by atoms with Crippen molar-refractivity contribution in [3.05, 3.63) is 0 Å². The number of ether oxygens (including phenoxy) is 1. The SMILES string of the molecule is C=NN1CC[C@@H]2OCCN[C@@H]2C1. The number of hydrazone groups is 1.